The molecule has 3 heterocycles. The number of nitrogens with one attached hydrogen (secondary N) is 2. The lowest BCUT2D eigenvalue weighted by molar-refractivity contribution is 0.259. The Morgan fingerprint density at radius 2 is 1.71 bits per heavy atom. The van der Waals surface area contributed by atoms with Gasteiger partial charge < -0.3 is 11.1 Å². The highest BCUT2D eigenvalue weighted by Crippen LogP contribution is 2.27. The van der Waals surface area contributed by atoms with Crippen LogP contribution in [0.25, 0.3) is 22.3 Å². The first kappa shape index (κ1) is 22.0. The third kappa shape index (κ3) is 5.39. The molecular formula is C27H23N7O. The van der Waals surface area contributed by atoms with E-state index >= 15 is 0 Å². The summed E-state index contributed by atoms with van der Waals surface area (Å²) in [6, 6.07) is 25.2. The van der Waals surface area contributed by atoms with Gasteiger partial charge in [0.2, 0.25) is 0 Å². The highest BCUT2D eigenvalue weighted by Gasteiger charge is 2.12. The largest absolute Gasteiger partial charge is 0.364 e. The fourth-order valence-corrected chi connectivity index (χ4v) is 3.78. The van der Waals surface area contributed by atoms with E-state index < -0.39 is 6.03 Å². The third-order valence-electron chi connectivity index (χ3n) is 5.45. The summed E-state index contributed by atoms with van der Waals surface area (Å²) in [5.74, 6) is 1.60. The van der Waals surface area contributed by atoms with Crippen LogP contribution in [0.5, 0.6) is 0 Å². The number of hydrogen-bond donors (Lipinski definition) is 3. The van der Waals surface area contributed by atoms with Crippen molar-refractivity contribution in [3.05, 3.63) is 108 Å². The van der Waals surface area contributed by atoms with Crippen LogP contribution in [0.3, 0.4) is 0 Å². The summed E-state index contributed by atoms with van der Waals surface area (Å²) in [6.45, 7) is 0.523. The highest BCUT2D eigenvalue weighted by molar-refractivity contribution is 5.91. The minimum atomic E-state index is -0.667. The van der Waals surface area contributed by atoms with Gasteiger partial charge in [-0.05, 0) is 53.9 Å². The molecule has 8 heteroatoms. The van der Waals surface area contributed by atoms with Gasteiger partial charge in [-0.15, -0.1) is 0 Å². The summed E-state index contributed by atoms with van der Waals surface area (Å²) in [4.78, 5) is 29.3. The lowest BCUT2D eigenvalue weighted by Gasteiger charge is -2.12. The Balaban J connectivity index is 1.52. The predicted molar refractivity (Wildman–Crippen MR) is 137 cm³/mol. The van der Waals surface area contributed by atoms with Gasteiger partial charge in [0.1, 0.15) is 11.6 Å². The van der Waals surface area contributed by atoms with E-state index in [1.54, 1.807) is 24.5 Å². The zero-order chi connectivity index (χ0) is 24.0. The average Bonchev–Trinajstić information content (AvgIpc) is 2.88. The summed E-state index contributed by atoms with van der Waals surface area (Å²) in [5, 5.41) is 6.82. The van der Waals surface area contributed by atoms with Crippen LogP contribution >= 0.6 is 0 Å². The molecule has 0 fully saturated rings. The van der Waals surface area contributed by atoms with Crippen LogP contribution < -0.4 is 16.4 Å². The summed E-state index contributed by atoms with van der Waals surface area (Å²) in [7, 11) is 0. The van der Waals surface area contributed by atoms with E-state index in [0.717, 1.165) is 28.6 Å². The van der Waals surface area contributed by atoms with Crippen LogP contribution in [0, 0.1) is 0 Å². The number of pyridine rings is 2. The Hall–Kier alpha value is -4.85. The summed E-state index contributed by atoms with van der Waals surface area (Å²) >= 11 is 0. The van der Waals surface area contributed by atoms with Crippen molar-refractivity contribution in [2.45, 2.75) is 13.0 Å². The van der Waals surface area contributed by atoms with Crippen molar-refractivity contribution in [2.75, 3.05) is 10.6 Å². The molecule has 8 nitrogen and oxygen atoms in total. The van der Waals surface area contributed by atoms with Crippen molar-refractivity contribution in [3.8, 4) is 11.4 Å². The number of anilines is 2. The first-order chi connectivity index (χ1) is 17.1. The molecule has 0 radical (unpaired) electrons. The quantitative estimate of drug-likeness (QED) is 0.321. The van der Waals surface area contributed by atoms with Gasteiger partial charge in [0.25, 0.3) is 0 Å². The molecule has 0 bridgehead atoms. The minimum absolute atomic E-state index is 0.362. The predicted octanol–water partition coefficient (Wildman–Crippen LogP) is 4.78. The molecule has 0 unspecified atom stereocenters. The maximum atomic E-state index is 11.1. The monoisotopic (exact) mass is 461 g/mol. The number of nitrogens with zero attached hydrogens (tertiary/aromatic N) is 4. The zero-order valence-corrected chi connectivity index (χ0v) is 18.8. The second-order valence-electron chi connectivity index (χ2n) is 8.01. The van der Waals surface area contributed by atoms with Crippen molar-refractivity contribution in [1.29, 1.82) is 0 Å². The number of carbonyl (C=O) groups excluding carboxylic acids is 1. The maximum absolute atomic E-state index is 11.1. The standard InChI is InChI=1S/C27H23N7O/c28-27(35)33-24-12-10-20(16-30-24)25-32-23-11-9-19(14-18-6-2-1-3-7-18)15-22(23)26(34-25)31-17-21-8-4-5-13-29-21/h1-13,15-16H,14,17H2,(H,31,32,34)(H3,28,30,33,35). The first-order valence-corrected chi connectivity index (χ1v) is 11.2. The summed E-state index contributed by atoms with van der Waals surface area (Å²) in [6.07, 6.45) is 4.20. The fourth-order valence-electron chi connectivity index (χ4n) is 3.78. The Morgan fingerprint density at radius 1 is 0.857 bits per heavy atom. The van der Waals surface area contributed by atoms with E-state index in [4.69, 9.17) is 15.7 Å². The average molecular weight is 462 g/mol. The number of hydrogen-bond acceptors (Lipinski definition) is 6. The van der Waals surface area contributed by atoms with E-state index in [1.807, 2.05) is 42.5 Å². The van der Waals surface area contributed by atoms with E-state index in [1.165, 1.54) is 11.1 Å². The number of rotatable bonds is 7. The molecular weight excluding hydrogens is 438 g/mol. The molecule has 4 N–H and O–H groups in total. The van der Waals surface area contributed by atoms with Gasteiger partial charge in [-0.2, -0.15) is 0 Å². The fraction of sp³-hybridized carbons (Fsp3) is 0.0741. The van der Waals surface area contributed by atoms with Crippen LogP contribution in [0.1, 0.15) is 16.8 Å². The summed E-state index contributed by atoms with van der Waals surface area (Å²) in [5.41, 5.74) is 10.0. The number of benzene rings is 2. The second-order valence-corrected chi connectivity index (χ2v) is 8.01. The minimum Gasteiger partial charge on any atom is -0.364 e. The molecule has 0 aliphatic rings. The molecule has 0 aliphatic carbocycles. The van der Waals surface area contributed by atoms with Crippen molar-refractivity contribution in [1.82, 2.24) is 19.9 Å². The zero-order valence-electron chi connectivity index (χ0n) is 18.8. The molecule has 2 amide bonds. The summed E-state index contributed by atoms with van der Waals surface area (Å²) < 4.78 is 0. The topological polar surface area (TPSA) is 119 Å². The van der Waals surface area contributed by atoms with E-state index in [9.17, 15) is 4.79 Å². The Kier molecular flexibility index (Phi) is 6.25. The molecule has 2 aromatic carbocycles. The van der Waals surface area contributed by atoms with Gasteiger partial charge in [-0.25, -0.2) is 19.7 Å². The number of amides is 2. The van der Waals surface area contributed by atoms with Crippen molar-refractivity contribution in [2.24, 2.45) is 5.73 Å². The molecule has 172 valence electrons. The Morgan fingerprint density at radius 3 is 2.46 bits per heavy atom. The Bertz CT molecular complexity index is 1460. The molecule has 5 aromatic rings. The number of aromatic nitrogens is 4. The molecule has 35 heavy (non-hydrogen) atoms. The molecule has 0 saturated carbocycles. The van der Waals surface area contributed by atoms with Crippen LogP contribution in [-0.4, -0.2) is 26.0 Å². The number of urea groups is 1. The molecule has 0 spiro atoms. The number of nitrogens with two attached hydrogens (primary N) is 1. The second kappa shape index (κ2) is 9.96. The van der Waals surface area contributed by atoms with Gasteiger partial charge in [0.15, 0.2) is 5.82 Å². The molecule has 3 aromatic heterocycles. The normalized spacial score (nSPS) is 10.7. The number of fused-ring (bicyclic) bond motifs is 1. The van der Waals surface area contributed by atoms with E-state index in [-0.39, 0.29) is 0 Å². The third-order valence-corrected chi connectivity index (χ3v) is 5.45. The van der Waals surface area contributed by atoms with Crippen molar-refractivity contribution >= 4 is 28.6 Å². The molecule has 0 atom stereocenters. The smallest absolute Gasteiger partial charge is 0.317 e. The van der Waals surface area contributed by atoms with E-state index in [2.05, 4.69) is 44.9 Å². The number of primary amides is 1. The van der Waals surface area contributed by atoms with Gasteiger partial charge >= 0.3 is 6.03 Å². The van der Waals surface area contributed by atoms with Crippen LogP contribution in [0.15, 0.2) is 91.3 Å². The van der Waals surface area contributed by atoms with Crippen LogP contribution in [0.4, 0.5) is 16.4 Å². The van der Waals surface area contributed by atoms with Crippen LogP contribution in [-0.2, 0) is 13.0 Å². The highest BCUT2D eigenvalue weighted by atomic mass is 16.2. The maximum Gasteiger partial charge on any atom is 0.317 e. The van der Waals surface area contributed by atoms with Gasteiger partial charge in [0, 0.05) is 23.3 Å². The van der Waals surface area contributed by atoms with Crippen LogP contribution in [0.2, 0.25) is 0 Å². The van der Waals surface area contributed by atoms with Gasteiger partial charge in [-0.1, -0.05) is 42.5 Å². The SMILES string of the molecule is NC(=O)Nc1ccc(-c2nc(NCc3ccccn3)c3cc(Cc4ccccc4)ccc3n2)cn1. The van der Waals surface area contributed by atoms with Gasteiger partial charge in [0.05, 0.1) is 17.8 Å². The first-order valence-electron chi connectivity index (χ1n) is 11.2. The van der Waals surface area contributed by atoms with Gasteiger partial charge in [-0.3, -0.25) is 10.3 Å². The van der Waals surface area contributed by atoms with Crippen molar-refractivity contribution in [3.63, 3.8) is 0 Å². The molecule has 0 saturated heterocycles. The lowest BCUT2D eigenvalue weighted by Crippen LogP contribution is -2.19. The molecule has 5 rings (SSSR count). The Labute approximate surface area is 202 Å². The van der Waals surface area contributed by atoms with Crippen molar-refractivity contribution < 1.29 is 4.79 Å². The van der Waals surface area contributed by atoms with E-state index in [0.29, 0.717) is 24.0 Å². The molecule has 0 aliphatic heterocycles. The lowest BCUT2D eigenvalue weighted by atomic mass is 10.0. The number of carbonyl (C=O) groups is 1.